The predicted octanol–water partition coefficient (Wildman–Crippen LogP) is 7.51. The van der Waals surface area contributed by atoms with Gasteiger partial charge in [-0.2, -0.15) is 9.78 Å². The molecule has 0 saturated carbocycles. The molecule has 0 unspecified atom stereocenters. The van der Waals surface area contributed by atoms with Crippen LogP contribution in [-0.4, -0.2) is 15.7 Å². The van der Waals surface area contributed by atoms with Gasteiger partial charge in [-0.25, -0.2) is 4.79 Å². The molecule has 0 radical (unpaired) electrons. The summed E-state index contributed by atoms with van der Waals surface area (Å²) in [6, 6.07) is 21.5. The molecule has 0 bridgehead atoms. The van der Waals surface area contributed by atoms with Gasteiger partial charge < -0.3 is 4.74 Å². The molecule has 0 saturated heterocycles. The standard InChI is InChI=1S/C23H15Cl3N2O2S/c1-14-21(31-18-10-7-15(24)8-11-18)22(28(27-14)17-5-3-2-4-6-17)30-23(29)19-12-9-16(25)13-20(19)26/h2-13H,1H3. The van der Waals surface area contributed by atoms with Crippen molar-refractivity contribution in [3.63, 3.8) is 0 Å². The Morgan fingerprint density at radius 3 is 2.29 bits per heavy atom. The molecule has 0 aliphatic heterocycles. The van der Waals surface area contributed by atoms with E-state index in [1.165, 1.54) is 23.9 Å². The Hall–Kier alpha value is -2.44. The van der Waals surface area contributed by atoms with Gasteiger partial charge >= 0.3 is 5.97 Å². The summed E-state index contributed by atoms with van der Waals surface area (Å²) >= 11 is 19.6. The van der Waals surface area contributed by atoms with E-state index < -0.39 is 5.97 Å². The van der Waals surface area contributed by atoms with E-state index in [2.05, 4.69) is 5.10 Å². The topological polar surface area (TPSA) is 44.1 Å². The van der Waals surface area contributed by atoms with Gasteiger partial charge in [0, 0.05) is 14.9 Å². The second kappa shape index (κ2) is 9.37. The van der Waals surface area contributed by atoms with Gasteiger partial charge in [-0.05, 0) is 61.5 Å². The number of hydrogen-bond donors (Lipinski definition) is 0. The number of halogens is 3. The van der Waals surface area contributed by atoms with Crippen molar-refractivity contribution in [2.45, 2.75) is 16.7 Å². The van der Waals surface area contributed by atoms with Gasteiger partial charge in [0.05, 0.1) is 26.9 Å². The van der Waals surface area contributed by atoms with Crippen molar-refractivity contribution >= 4 is 52.5 Å². The average molecular weight is 490 g/mol. The van der Waals surface area contributed by atoms with Crippen LogP contribution in [0, 0.1) is 6.92 Å². The van der Waals surface area contributed by atoms with Gasteiger partial charge in [0.25, 0.3) is 0 Å². The van der Waals surface area contributed by atoms with Crippen LogP contribution in [0.5, 0.6) is 5.88 Å². The summed E-state index contributed by atoms with van der Waals surface area (Å²) in [4.78, 5) is 14.6. The van der Waals surface area contributed by atoms with Crippen molar-refractivity contribution in [2.24, 2.45) is 0 Å². The number of esters is 1. The fourth-order valence-electron chi connectivity index (χ4n) is 2.86. The molecule has 0 aliphatic rings. The molecule has 1 heterocycles. The van der Waals surface area contributed by atoms with Crippen molar-refractivity contribution in [3.05, 3.63) is 99.1 Å². The molecule has 0 spiro atoms. The molecule has 1 aromatic heterocycles. The molecule has 0 fully saturated rings. The summed E-state index contributed by atoms with van der Waals surface area (Å²) in [5, 5.41) is 5.91. The third kappa shape index (κ3) is 4.91. The highest BCUT2D eigenvalue weighted by Crippen LogP contribution is 2.40. The molecule has 4 aromatic rings. The number of carbonyl (C=O) groups excluding carboxylic acids is 1. The van der Waals surface area contributed by atoms with Gasteiger partial charge in [0.15, 0.2) is 0 Å². The molecule has 0 N–H and O–H groups in total. The molecule has 0 aliphatic carbocycles. The SMILES string of the molecule is Cc1nn(-c2ccccc2)c(OC(=O)c2ccc(Cl)cc2Cl)c1Sc1ccc(Cl)cc1. The second-order valence-corrected chi connectivity index (χ2v) is 8.90. The summed E-state index contributed by atoms with van der Waals surface area (Å²) in [6.07, 6.45) is 0. The third-order valence-electron chi connectivity index (χ3n) is 4.34. The minimum absolute atomic E-state index is 0.215. The van der Waals surface area contributed by atoms with Crippen molar-refractivity contribution in [1.29, 1.82) is 0 Å². The van der Waals surface area contributed by atoms with Gasteiger partial charge in [-0.3, -0.25) is 0 Å². The summed E-state index contributed by atoms with van der Waals surface area (Å²) in [7, 11) is 0. The molecule has 8 heteroatoms. The van der Waals surface area contributed by atoms with Crippen molar-refractivity contribution in [1.82, 2.24) is 9.78 Å². The molecule has 3 aromatic carbocycles. The van der Waals surface area contributed by atoms with E-state index in [1.807, 2.05) is 49.4 Å². The fourth-order valence-corrected chi connectivity index (χ4v) is 4.38. The lowest BCUT2D eigenvalue weighted by Gasteiger charge is -2.11. The number of rotatable bonds is 5. The molecule has 31 heavy (non-hydrogen) atoms. The zero-order chi connectivity index (χ0) is 22.0. The fraction of sp³-hybridized carbons (Fsp3) is 0.0435. The lowest BCUT2D eigenvalue weighted by Crippen LogP contribution is -2.13. The van der Waals surface area contributed by atoms with Gasteiger partial charge in [0.2, 0.25) is 5.88 Å². The predicted molar refractivity (Wildman–Crippen MR) is 125 cm³/mol. The first-order valence-electron chi connectivity index (χ1n) is 9.18. The first-order valence-corrected chi connectivity index (χ1v) is 11.1. The van der Waals surface area contributed by atoms with Crippen molar-refractivity contribution in [2.75, 3.05) is 0 Å². The Kier molecular flexibility index (Phi) is 6.58. The van der Waals surface area contributed by atoms with Crippen molar-refractivity contribution in [3.8, 4) is 11.6 Å². The van der Waals surface area contributed by atoms with E-state index in [0.29, 0.717) is 26.5 Å². The lowest BCUT2D eigenvalue weighted by atomic mass is 10.2. The quantitative estimate of drug-likeness (QED) is 0.272. The first-order chi connectivity index (χ1) is 14.9. The maximum absolute atomic E-state index is 13.0. The van der Waals surface area contributed by atoms with Crippen LogP contribution in [0.1, 0.15) is 16.1 Å². The summed E-state index contributed by atoms with van der Waals surface area (Å²) < 4.78 is 7.45. The lowest BCUT2D eigenvalue weighted by molar-refractivity contribution is 0.0718. The van der Waals surface area contributed by atoms with E-state index in [0.717, 1.165) is 10.6 Å². The molecule has 156 valence electrons. The normalized spacial score (nSPS) is 10.8. The molecule has 0 amide bonds. The second-order valence-electron chi connectivity index (χ2n) is 6.54. The molecule has 0 atom stereocenters. The number of aromatic nitrogens is 2. The van der Waals surface area contributed by atoms with Crippen LogP contribution in [0.2, 0.25) is 15.1 Å². The molecular formula is C23H15Cl3N2O2S. The Bertz CT molecular complexity index is 1240. The van der Waals surface area contributed by atoms with Gasteiger partial charge in [-0.1, -0.05) is 64.8 Å². The van der Waals surface area contributed by atoms with Crippen LogP contribution in [-0.2, 0) is 0 Å². The van der Waals surface area contributed by atoms with Crippen LogP contribution >= 0.6 is 46.6 Å². The highest BCUT2D eigenvalue weighted by molar-refractivity contribution is 7.99. The Morgan fingerprint density at radius 2 is 1.61 bits per heavy atom. The van der Waals surface area contributed by atoms with E-state index in [9.17, 15) is 4.79 Å². The van der Waals surface area contributed by atoms with E-state index in [1.54, 1.807) is 22.9 Å². The molecule has 4 nitrogen and oxygen atoms in total. The van der Waals surface area contributed by atoms with Crippen LogP contribution in [0.25, 0.3) is 5.69 Å². The Morgan fingerprint density at radius 1 is 0.935 bits per heavy atom. The number of ether oxygens (including phenoxy) is 1. The summed E-state index contributed by atoms with van der Waals surface area (Å²) in [5.74, 6) is -0.295. The monoisotopic (exact) mass is 488 g/mol. The van der Waals surface area contributed by atoms with E-state index in [-0.39, 0.29) is 10.6 Å². The molecule has 4 rings (SSSR count). The van der Waals surface area contributed by atoms with E-state index in [4.69, 9.17) is 39.5 Å². The number of hydrogen-bond acceptors (Lipinski definition) is 4. The smallest absolute Gasteiger partial charge is 0.346 e. The number of aryl methyl sites for hydroxylation is 1. The third-order valence-corrected chi connectivity index (χ3v) is 6.32. The first kappa shape index (κ1) is 21.8. The maximum Gasteiger partial charge on any atom is 0.346 e. The van der Waals surface area contributed by atoms with Gasteiger partial charge in [-0.15, -0.1) is 0 Å². The molecular weight excluding hydrogens is 475 g/mol. The maximum atomic E-state index is 13.0. The largest absolute Gasteiger partial charge is 0.402 e. The van der Waals surface area contributed by atoms with Crippen LogP contribution in [0.3, 0.4) is 0 Å². The summed E-state index contributed by atoms with van der Waals surface area (Å²) in [5.41, 5.74) is 1.69. The zero-order valence-electron chi connectivity index (χ0n) is 16.2. The van der Waals surface area contributed by atoms with Crippen LogP contribution < -0.4 is 4.74 Å². The Balaban J connectivity index is 1.77. The Labute approximate surface area is 198 Å². The highest BCUT2D eigenvalue weighted by Gasteiger charge is 2.23. The van der Waals surface area contributed by atoms with Crippen LogP contribution in [0.15, 0.2) is 82.6 Å². The average Bonchev–Trinajstić information content (AvgIpc) is 3.05. The minimum atomic E-state index is -0.600. The summed E-state index contributed by atoms with van der Waals surface area (Å²) in [6.45, 7) is 1.87. The highest BCUT2D eigenvalue weighted by atomic mass is 35.5. The minimum Gasteiger partial charge on any atom is -0.402 e. The van der Waals surface area contributed by atoms with E-state index >= 15 is 0 Å². The van der Waals surface area contributed by atoms with Gasteiger partial charge in [0.1, 0.15) is 0 Å². The number of nitrogens with zero attached hydrogens (tertiary/aromatic N) is 2. The number of benzene rings is 3. The van der Waals surface area contributed by atoms with Crippen molar-refractivity contribution < 1.29 is 9.53 Å². The number of carbonyl (C=O) groups is 1. The number of para-hydroxylation sites is 1. The van der Waals surface area contributed by atoms with Crippen LogP contribution in [0.4, 0.5) is 0 Å². The zero-order valence-corrected chi connectivity index (χ0v) is 19.3.